The second kappa shape index (κ2) is 5.16. The van der Waals surface area contributed by atoms with Crippen molar-refractivity contribution in [3.05, 3.63) is 70.8 Å². The van der Waals surface area contributed by atoms with Crippen LogP contribution in [-0.4, -0.2) is 0 Å². The van der Waals surface area contributed by atoms with Crippen molar-refractivity contribution in [1.29, 1.82) is 0 Å². The summed E-state index contributed by atoms with van der Waals surface area (Å²) in [5.41, 5.74) is 4.89. The Morgan fingerprint density at radius 1 is 0.684 bits per heavy atom. The third-order valence-corrected chi connectivity index (χ3v) is 3.61. The van der Waals surface area contributed by atoms with Crippen LogP contribution in [0.5, 0.6) is 0 Å². The summed E-state index contributed by atoms with van der Waals surface area (Å²) in [4.78, 5) is 11.0. The molecule has 3 rings (SSSR count). The molecule has 0 aromatic heterocycles. The lowest BCUT2D eigenvalue weighted by atomic mass is 9.98. The highest BCUT2D eigenvalue weighted by atomic mass is 17.2. The van der Waals surface area contributed by atoms with E-state index in [1.165, 1.54) is 22.3 Å². The Morgan fingerprint density at radius 2 is 1.05 bits per heavy atom. The minimum atomic E-state index is 0.0342. The minimum absolute atomic E-state index is 0.0342. The smallest absolute Gasteiger partial charge is 0.121 e. The summed E-state index contributed by atoms with van der Waals surface area (Å²) in [5.74, 6) is 0. The largest absolute Gasteiger partial charge is 0.228 e. The summed E-state index contributed by atoms with van der Waals surface area (Å²) in [5, 5.41) is 0. The SMILES string of the molecule is Cc1ccc([C@@H]2C[C@@H](c3ccc(C)cc3)OO2)cc1. The van der Waals surface area contributed by atoms with Gasteiger partial charge in [0.2, 0.25) is 0 Å². The molecule has 98 valence electrons. The number of aryl methyl sites for hydroxylation is 2. The Balaban J connectivity index is 1.73. The van der Waals surface area contributed by atoms with Gasteiger partial charge in [0.05, 0.1) is 0 Å². The van der Waals surface area contributed by atoms with E-state index in [0.717, 1.165) is 6.42 Å². The quantitative estimate of drug-likeness (QED) is 0.738. The van der Waals surface area contributed by atoms with Gasteiger partial charge in [0, 0.05) is 6.42 Å². The molecule has 0 radical (unpaired) electrons. The second-order valence-electron chi connectivity index (χ2n) is 5.23. The van der Waals surface area contributed by atoms with Gasteiger partial charge in [0.15, 0.2) is 0 Å². The van der Waals surface area contributed by atoms with E-state index >= 15 is 0 Å². The van der Waals surface area contributed by atoms with Crippen molar-refractivity contribution in [2.24, 2.45) is 0 Å². The van der Waals surface area contributed by atoms with Crippen LogP contribution in [0.1, 0.15) is 40.9 Å². The van der Waals surface area contributed by atoms with E-state index in [2.05, 4.69) is 62.4 Å². The zero-order valence-corrected chi connectivity index (χ0v) is 11.3. The molecule has 0 amide bonds. The van der Waals surface area contributed by atoms with Crippen LogP contribution in [-0.2, 0) is 9.78 Å². The molecule has 2 aromatic rings. The minimum Gasteiger partial charge on any atom is -0.228 e. The maximum absolute atomic E-state index is 5.48. The van der Waals surface area contributed by atoms with Crippen LogP contribution in [0.4, 0.5) is 0 Å². The molecule has 0 spiro atoms. The topological polar surface area (TPSA) is 18.5 Å². The number of benzene rings is 2. The lowest BCUT2D eigenvalue weighted by molar-refractivity contribution is -0.300. The van der Waals surface area contributed by atoms with Crippen LogP contribution in [0.25, 0.3) is 0 Å². The first kappa shape index (κ1) is 12.4. The Hall–Kier alpha value is -1.64. The lowest BCUT2D eigenvalue weighted by Crippen LogP contribution is -1.96. The zero-order valence-electron chi connectivity index (χ0n) is 11.3. The number of hydrogen-bond donors (Lipinski definition) is 0. The molecule has 2 nitrogen and oxygen atoms in total. The average molecular weight is 254 g/mol. The number of rotatable bonds is 2. The third-order valence-electron chi connectivity index (χ3n) is 3.61. The Labute approximate surface area is 113 Å². The highest BCUT2D eigenvalue weighted by molar-refractivity contribution is 5.26. The van der Waals surface area contributed by atoms with Crippen molar-refractivity contribution in [3.8, 4) is 0 Å². The van der Waals surface area contributed by atoms with Gasteiger partial charge in [-0.1, -0.05) is 59.7 Å². The zero-order chi connectivity index (χ0) is 13.2. The summed E-state index contributed by atoms with van der Waals surface area (Å²) >= 11 is 0. The monoisotopic (exact) mass is 254 g/mol. The van der Waals surface area contributed by atoms with Crippen LogP contribution >= 0.6 is 0 Å². The molecular weight excluding hydrogens is 236 g/mol. The van der Waals surface area contributed by atoms with Crippen molar-refractivity contribution in [1.82, 2.24) is 0 Å². The Morgan fingerprint density at radius 3 is 1.42 bits per heavy atom. The summed E-state index contributed by atoms with van der Waals surface area (Å²) in [7, 11) is 0. The van der Waals surface area contributed by atoms with Crippen LogP contribution < -0.4 is 0 Å². The molecule has 1 saturated heterocycles. The van der Waals surface area contributed by atoms with E-state index in [1.807, 2.05) is 0 Å². The Kier molecular flexibility index (Phi) is 3.36. The van der Waals surface area contributed by atoms with Gasteiger partial charge in [-0.2, -0.15) is 0 Å². The van der Waals surface area contributed by atoms with Gasteiger partial charge < -0.3 is 0 Å². The molecule has 0 unspecified atom stereocenters. The highest BCUT2D eigenvalue weighted by Crippen LogP contribution is 2.39. The second-order valence-corrected chi connectivity index (χ2v) is 5.23. The van der Waals surface area contributed by atoms with Crippen LogP contribution in [0.2, 0.25) is 0 Å². The van der Waals surface area contributed by atoms with E-state index in [4.69, 9.17) is 9.78 Å². The predicted molar refractivity (Wildman–Crippen MR) is 74.6 cm³/mol. The van der Waals surface area contributed by atoms with E-state index in [0.29, 0.717) is 0 Å². The summed E-state index contributed by atoms with van der Waals surface area (Å²) in [6.45, 7) is 4.18. The molecule has 1 aliphatic heterocycles. The van der Waals surface area contributed by atoms with E-state index < -0.39 is 0 Å². The molecule has 0 bridgehead atoms. The van der Waals surface area contributed by atoms with Crippen LogP contribution in [0.15, 0.2) is 48.5 Å². The van der Waals surface area contributed by atoms with Gasteiger partial charge in [0.25, 0.3) is 0 Å². The van der Waals surface area contributed by atoms with E-state index in [-0.39, 0.29) is 12.2 Å². The summed E-state index contributed by atoms with van der Waals surface area (Å²) in [6.07, 6.45) is 0.936. The molecule has 0 saturated carbocycles. The van der Waals surface area contributed by atoms with Gasteiger partial charge >= 0.3 is 0 Å². The maximum Gasteiger partial charge on any atom is 0.121 e. The standard InChI is InChI=1S/C17H18O2/c1-12-3-7-14(8-4-12)16-11-17(19-18-16)15-9-5-13(2)6-10-15/h3-10,16-17H,11H2,1-2H3/t16-,17-/m0/s1. The Bertz CT molecular complexity index is 491. The maximum atomic E-state index is 5.48. The molecule has 2 atom stereocenters. The van der Waals surface area contributed by atoms with Crippen molar-refractivity contribution in [3.63, 3.8) is 0 Å². The first-order valence-corrected chi connectivity index (χ1v) is 6.67. The molecule has 2 heteroatoms. The fourth-order valence-electron chi connectivity index (χ4n) is 2.35. The van der Waals surface area contributed by atoms with Gasteiger partial charge in [-0.15, -0.1) is 0 Å². The summed E-state index contributed by atoms with van der Waals surface area (Å²) < 4.78 is 0. The molecule has 1 heterocycles. The van der Waals surface area contributed by atoms with Gasteiger partial charge in [-0.25, -0.2) is 9.78 Å². The lowest BCUT2D eigenvalue weighted by Gasteiger charge is -2.07. The number of hydrogen-bond acceptors (Lipinski definition) is 2. The highest BCUT2D eigenvalue weighted by Gasteiger charge is 2.29. The first-order valence-electron chi connectivity index (χ1n) is 6.67. The molecule has 0 N–H and O–H groups in total. The van der Waals surface area contributed by atoms with Crippen LogP contribution in [0, 0.1) is 13.8 Å². The average Bonchev–Trinajstić information content (AvgIpc) is 2.90. The van der Waals surface area contributed by atoms with Gasteiger partial charge in [0.1, 0.15) is 12.2 Å². The van der Waals surface area contributed by atoms with Crippen LogP contribution in [0.3, 0.4) is 0 Å². The molecule has 1 fully saturated rings. The predicted octanol–water partition coefficient (Wildman–Crippen LogP) is 4.44. The van der Waals surface area contributed by atoms with Gasteiger partial charge in [-0.3, -0.25) is 0 Å². The summed E-state index contributed by atoms with van der Waals surface area (Å²) in [6, 6.07) is 16.9. The van der Waals surface area contributed by atoms with E-state index in [1.54, 1.807) is 0 Å². The van der Waals surface area contributed by atoms with E-state index in [9.17, 15) is 0 Å². The van der Waals surface area contributed by atoms with Crippen molar-refractivity contribution in [2.75, 3.05) is 0 Å². The first-order chi connectivity index (χ1) is 9.22. The van der Waals surface area contributed by atoms with Crippen molar-refractivity contribution < 1.29 is 9.78 Å². The molecule has 2 aromatic carbocycles. The third kappa shape index (κ3) is 2.70. The normalized spacial score (nSPS) is 22.6. The van der Waals surface area contributed by atoms with Crippen molar-refractivity contribution >= 4 is 0 Å². The molecule has 19 heavy (non-hydrogen) atoms. The molecular formula is C17H18O2. The van der Waals surface area contributed by atoms with Gasteiger partial charge in [-0.05, 0) is 25.0 Å². The fraction of sp³-hybridized carbons (Fsp3) is 0.294. The molecule has 1 aliphatic rings. The fourth-order valence-corrected chi connectivity index (χ4v) is 2.35. The van der Waals surface area contributed by atoms with Crippen molar-refractivity contribution in [2.45, 2.75) is 32.5 Å². The molecule has 0 aliphatic carbocycles.